The number of carbonyl (C=O) groups excluding carboxylic acids is 1. The van der Waals surface area contributed by atoms with E-state index in [1.165, 1.54) is 0 Å². The molecular weight excluding hydrogens is 200 g/mol. The molecule has 4 heteroatoms. The summed E-state index contributed by atoms with van der Waals surface area (Å²) in [6.45, 7) is 0.171. The van der Waals surface area contributed by atoms with E-state index in [-0.39, 0.29) is 17.5 Å². The number of nitrogen functional groups attached to an aromatic ring is 1. The highest BCUT2D eigenvalue weighted by Crippen LogP contribution is 2.22. The van der Waals surface area contributed by atoms with Crippen molar-refractivity contribution in [2.45, 2.75) is 0 Å². The van der Waals surface area contributed by atoms with E-state index in [1.54, 1.807) is 18.2 Å². The minimum absolute atomic E-state index is 0.171. The van der Waals surface area contributed by atoms with Crippen molar-refractivity contribution in [1.29, 1.82) is 0 Å². The highest BCUT2D eigenvalue weighted by atomic mass is 35.5. The summed E-state index contributed by atoms with van der Waals surface area (Å²) in [4.78, 5) is 11.4. The number of carbonyl (C=O) groups is 1. The third-order valence-corrected chi connectivity index (χ3v) is 2.05. The zero-order valence-electron chi connectivity index (χ0n) is 7.38. The van der Waals surface area contributed by atoms with Gasteiger partial charge in [-0.2, -0.15) is 0 Å². The molecule has 14 heavy (non-hydrogen) atoms. The van der Waals surface area contributed by atoms with Gasteiger partial charge in [0, 0.05) is 0 Å². The standard InChI is InChI=1S/C10H9ClN2O/c1-2-6-13-10(14)7-4-3-5-8(12)9(7)11/h1,3-5H,6,12H2,(H,13,14). The molecule has 3 N–H and O–H groups in total. The molecule has 1 rings (SSSR count). The van der Waals surface area contributed by atoms with Crippen LogP contribution in [-0.4, -0.2) is 12.5 Å². The molecule has 1 amide bonds. The van der Waals surface area contributed by atoms with Crippen LogP contribution in [0.1, 0.15) is 10.4 Å². The van der Waals surface area contributed by atoms with Gasteiger partial charge in [-0.25, -0.2) is 0 Å². The first-order chi connectivity index (χ1) is 6.66. The lowest BCUT2D eigenvalue weighted by Crippen LogP contribution is -2.23. The first-order valence-electron chi connectivity index (χ1n) is 3.92. The Bertz CT molecular complexity index is 396. The minimum Gasteiger partial charge on any atom is -0.398 e. The largest absolute Gasteiger partial charge is 0.398 e. The Morgan fingerprint density at radius 1 is 1.64 bits per heavy atom. The molecule has 0 aromatic heterocycles. The Morgan fingerprint density at radius 2 is 2.36 bits per heavy atom. The summed E-state index contributed by atoms with van der Waals surface area (Å²) in [6.07, 6.45) is 5.00. The van der Waals surface area contributed by atoms with Gasteiger partial charge in [0.2, 0.25) is 0 Å². The average Bonchev–Trinajstić information content (AvgIpc) is 2.18. The van der Waals surface area contributed by atoms with E-state index in [1.807, 2.05) is 0 Å². The molecule has 0 fully saturated rings. The molecule has 1 aromatic rings. The van der Waals surface area contributed by atoms with Crippen molar-refractivity contribution in [1.82, 2.24) is 5.32 Å². The van der Waals surface area contributed by atoms with E-state index in [0.29, 0.717) is 11.3 Å². The summed E-state index contributed by atoms with van der Waals surface area (Å²) >= 11 is 5.83. The van der Waals surface area contributed by atoms with Crippen molar-refractivity contribution in [2.75, 3.05) is 12.3 Å². The first-order valence-corrected chi connectivity index (χ1v) is 4.30. The normalized spacial score (nSPS) is 9.14. The molecule has 0 radical (unpaired) electrons. The van der Waals surface area contributed by atoms with E-state index >= 15 is 0 Å². The number of benzene rings is 1. The maximum atomic E-state index is 11.4. The first kappa shape index (κ1) is 10.4. The molecule has 0 unspecified atom stereocenters. The molecule has 0 heterocycles. The van der Waals surface area contributed by atoms with E-state index in [9.17, 15) is 4.79 Å². The van der Waals surface area contributed by atoms with Crippen LogP contribution in [0.25, 0.3) is 0 Å². The molecule has 0 aliphatic rings. The Kier molecular flexibility index (Phi) is 3.38. The van der Waals surface area contributed by atoms with Crippen molar-refractivity contribution in [3.8, 4) is 12.3 Å². The van der Waals surface area contributed by atoms with Gasteiger partial charge in [0.05, 0.1) is 22.8 Å². The number of hydrogen-bond acceptors (Lipinski definition) is 2. The van der Waals surface area contributed by atoms with E-state index in [0.717, 1.165) is 0 Å². The van der Waals surface area contributed by atoms with Gasteiger partial charge >= 0.3 is 0 Å². The Morgan fingerprint density at radius 3 is 3.00 bits per heavy atom. The lowest BCUT2D eigenvalue weighted by atomic mass is 10.2. The fourth-order valence-electron chi connectivity index (χ4n) is 0.952. The van der Waals surface area contributed by atoms with Gasteiger partial charge in [0.1, 0.15) is 0 Å². The number of nitrogens with two attached hydrogens (primary N) is 1. The summed E-state index contributed by atoms with van der Waals surface area (Å²) in [5.41, 5.74) is 6.24. The van der Waals surface area contributed by atoms with Crippen molar-refractivity contribution in [3.63, 3.8) is 0 Å². The predicted molar refractivity (Wildman–Crippen MR) is 57.0 cm³/mol. The predicted octanol–water partition coefficient (Wildman–Crippen LogP) is 1.29. The van der Waals surface area contributed by atoms with Gasteiger partial charge in [0.15, 0.2) is 0 Å². The quantitative estimate of drug-likeness (QED) is 0.568. The second kappa shape index (κ2) is 4.54. The summed E-state index contributed by atoms with van der Waals surface area (Å²) in [5, 5.41) is 2.75. The Hall–Kier alpha value is -1.66. The number of rotatable bonds is 2. The number of terminal acetylenes is 1. The van der Waals surface area contributed by atoms with Gasteiger partial charge in [-0.05, 0) is 12.1 Å². The average molecular weight is 209 g/mol. The number of hydrogen-bond donors (Lipinski definition) is 2. The van der Waals surface area contributed by atoms with Crippen LogP contribution in [-0.2, 0) is 0 Å². The molecular formula is C10H9ClN2O. The Balaban J connectivity index is 2.91. The third-order valence-electron chi connectivity index (χ3n) is 1.62. The van der Waals surface area contributed by atoms with Crippen LogP contribution in [0.15, 0.2) is 18.2 Å². The molecule has 0 saturated carbocycles. The van der Waals surface area contributed by atoms with Crippen molar-refractivity contribution < 1.29 is 4.79 Å². The van der Waals surface area contributed by atoms with Crippen molar-refractivity contribution >= 4 is 23.2 Å². The highest BCUT2D eigenvalue weighted by Gasteiger charge is 2.10. The molecule has 0 aliphatic heterocycles. The summed E-state index contributed by atoms with van der Waals surface area (Å²) in [5.74, 6) is 1.98. The van der Waals surface area contributed by atoms with Crippen LogP contribution >= 0.6 is 11.6 Å². The zero-order valence-corrected chi connectivity index (χ0v) is 8.14. The van der Waals surface area contributed by atoms with E-state index in [2.05, 4.69) is 11.2 Å². The van der Waals surface area contributed by atoms with Crippen molar-refractivity contribution in [3.05, 3.63) is 28.8 Å². The molecule has 1 aromatic carbocycles. The maximum Gasteiger partial charge on any atom is 0.253 e. The zero-order chi connectivity index (χ0) is 10.6. The molecule has 0 atom stereocenters. The molecule has 3 nitrogen and oxygen atoms in total. The minimum atomic E-state index is -0.319. The lowest BCUT2D eigenvalue weighted by molar-refractivity contribution is 0.0959. The van der Waals surface area contributed by atoms with E-state index < -0.39 is 0 Å². The summed E-state index contributed by atoms with van der Waals surface area (Å²) in [7, 11) is 0. The van der Waals surface area contributed by atoms with Crippen LogP contribution in [0.3, 0.4) is 0 Å². The topological polar surface area (TPSA) is 55.1 Å². The fraction of sp³-hybridized carbons (Fsp3) is 0.100. The van der Waals surface area contributed by atoms with Crippen LogP contribution in [0.5, 0.6) is 0 Å². The van der Waals surface area contributed by atoms with Gasteiger partial charge < -0.3 is 11.1 Å². The van der Waals surface area contributed by atoms with Crippen molar-refractivity contribution in [2.24, 2.45) is 0 Å². The van der Waals surface area contributed by atoms with Crippen LogP contribution in [0.2, 0.25) is 5.02 Å². The number of halogens is 1. The summed E-state index contributed by atoms with van der Waals surface area (Å²) < 4.78 is 0. The SMILES string of the molecule is C#CCNC(=O)c1cccc(N)c1Cl. The monoisotopic (exact) mass is 208 g/mol. The number of amides is 1. The van der Waals surface area contributed by atoms with Gasteiger partial charge in [-0.3, -0.25) is 4.79 Å². The van der Waals surface area contributed by atoms with Gasteiger partial charge in [0.25, 0.3) is 5.91 Å². The van der Waals surface area contributed by atoms with Crippen LogP contribution in [0.4, 0.5) is 5.69 Å². The number of nitrogens with one attached hydrogen (secondary N) is 1. The van der Waals surface area contributed by atoms with Crippen LogP contribution < -0.4 is 11.1 Å². The Labute approximate surface area is 87.2 Å². The highest BCUT2D eigenvalue weighted by molar-refractivity contribution is 6.36. The van der Waals surface area contributed by atoms with Gasteiger partial charge in [-0.1, -0.05) is 23.6 Å². The second-order valence-electron chi connectivity index (χ2n) is 2.60. The maximum absolute atomic E-state index is 11.4. The van der Waals surface area contributed by atoms with E-state index in [4.69, 9.17) is 23.8 Å². The van der Waals surface area contributed by atoms with Crippen LogP contribution in [0, 0.1) is 12.3 Å². The second-order valence-corrected chi connectivity index (χ2v) is 2.97. The fourth-order valence-corrected chi connectivity index (χ4v) is 1.16. The molecule has 0 bridgehead atoms. The lowest BCUT2D eigenvalue weighted by Gasteiger charge is -2.05. The molecule has 72 valence electrons. The number of anilines is 1. The molecule has 0 spiro atoms. The summed E-state index contributed by atoms with van der Waals surface area (Å²) in [6, 6.07) is 4.87. The molecule has 0 saturated heterocycles. The smallest absolute Gasteiger partial charge is 0.253 e. The third kappa shape index (κ3) is 2.18. The van der Waals surface area contributed by atoms with Gasteiger partial charge in [-0.15, -0.1) is 6.42 Å². The molecule has 0 aliphatic carbocycles.